The van der Waals surface area contributed by atoms with Crippen molar-refractivity contribution in [1.82, 2.24) is 9.62 Å². The standard InChI is InChI=1S/C20H23FN2O5S2/c1-28-19(24)13-16(17-6-5-11-29-17)22-20(25)14-7-8-15(21)18(12-14)30(26,27)23-9-3-2-4-10-23/h5-8,11-12,16H,2-4,9-10,13H2,1H3,(H,22,25). The Bertz CT molecular complexity index is 1000. The molecule has 1 fully saturated rings. The minimum Gasteiger partial charge on any atom is -0.469 e. The summed E-state index contributed by atoms with van der Waals surface area (Å²) in [7, 11) is -2.78. The number of benzene rings is 1. The van der Waals surface area contributed by atoms with Crippen molar-refractivity contribution in [2.75, 3.05) is 20.2 Å². The first-order valence-corrected chi connectivity index (χ1v) is 11.9. The van der Waals surface area contributed by atoms with Crippen LogP contribution in [0.5, 0.6) is 0 Å². The summed E-state index contributed by atoms with van der Waals surface area (Å²) in [6, 6.07) is 6.18. The fourth-order valence-corrected chi connectivity index (χ4v) is 5.68. The number of carbonyl (C=O) groups is 2. The molecule has 7 nitrogen and oxygen atoms in total. The molecule has 10 heteroatoms. The number of ether oxygens (including phenoxy) is 1. The Morgan fingerprint density at radius 2 is 1.97 bits per heavy atom. The number of amides is 1. The average molecular weight is 455 g/mol. The molecular weight excluding hydrogens is 431 g/mol. The second-order valence-corrected chi connectivity index (χ2v) is 9.82. The van der Waals surface area contributed by atoms with Gasteiger partial charge in [-0.2, -0.15) is 4.31 Å². The molecular formula is C20H23FN2O5S2. The van der Waals surface area contributed by atoms with E-state index in [1.165, 1.54) is 28.8 Å². The van der Waals surface area contributed by atoms with Crippen LogP contribution in [-0.2, 0) is 19.6 Å². The summed E-state index contributed by atoms with van der Waals surface area (Å²) in [5, 5.41) is 4.53. The third kappa shape index (κ3) is 5.05. The van der Waals surface area contributed by atoms with Crippen LogP contribution in [0.2, 0.25) is 0 Å². The van der Waals surface area contributed by atoms with Gasteiger partial charge >= 0.3 is 5.97 Å². The second kappa shape index (κ2) is 9.67. The van der Waals surface area contributed by atoms with Gasteiger partial charge in [-0.25, -0.2) is 12.8 Å². The highest BCUT2D eigenvalue weighted by molar-refractivity contribution is 7.89. The van der Waals surface area contributed by atoms with Gasteiger partial charge in [-0.1, -0.05) is 12.5 Å². The molecule has 1 aliphatic rings. The molecule has 0 bridgehead atoms. The molecule has 1 saturated heterocycles. The van der Waals surface area contributed by atoms with Gasteiger partial charge in [-0.15, -0.1) is 11.3 Å². The van der Waals surface area contributed by atoms with Crippen molar-refractivity contribution >= 4 is 33.2 Å². The largest absolute Gasteiger partial charge is 0.469 e. The Balaban J connectivity index is 1.85. The highest BCUT2D eigenvalue weighted by atomic mass is 32.2. The van der Waals surface area contributed by atoms with E-state index in [-0.39, 0.29) is 12.0 Å². The third-order valence-corrected chi connectivity index (χ3v) is 7.82. The molecule has 1 atom stereocenters. The number of hydrogen-bond donors (Lipinski definition) is 1. The first-order valence-electron chi connectivity index (χ1n) is 9.53. The fourth-order valence-electron chi connectivity index (χ4n) is 3.29. The smallest absolute Gasteiger partial charge is 0.307 e. The van der Waals surface area contributed by atoms with Gasteiger partial charge in [0.2, 0.25) is 10.0 Å². The van der Waals surface area contributed by atoms with Crippen LogP contribution in [0.15, 0.2) is 40.6 Å². The van der Waals surface area contributed by atoms with Gasteiger partial charge in [-0.05, 0) is 42.5 Å². The monoisotopic (exact) mass is 454 g/mol. The zero-order valence-electron chi connectivity index (χ0n) is 16.5. The Morgan fingerprint density at radius 1 is 1.23 bits per heavy atom. The third-order valence-electron chi connectivity index (χ3n) is 4.92. The van der Waals surface area contributed by atoms with Gasteiger partial charge in [0.15, 0.2) is 0 Å². The Kier molecular flexibility index (Phi) is 7.22. The quantitative estimate of drug-likeness (QED) is 0.649. The van der Waals surface area contributed by atoms with E-state index in [0.717, 1.165) is 36.3 Å². The number of esters is 1. The molecule has 30 heavy (non-hydrogen) atoms. The lowest BCUT2D eigenvalue weighted by Gasteiger charge is -2.26. The van der Waals surface area contributed by atoms with Crippen molar-refractivity contribution in [3.63, 3.8) is 0 Å². The molecule has 0 aliphatic carbocycles. The minimum absolute atomic E-state index is 0.00148. The van der Waals surface area contributed by atoms with Crippen LogP contribution >= 0.6 is 11.3 Å². The van der Waals surface area contributed by atoms with E-state index in [9.17, 15) is 22.4 Å². The minimum atomic E-state index is -4.04. The summed E-state index contributed by atoms with van der Waals surface area (Å²) in [6.07, 6.45) is 2.29. The SMILES string of the molecule is COC(=O)CC(NC(=O)c1ccc(F)c(S(=O)(=O)N2CCCCC2)c1)c1cccs1. The van der Waals surface area contributed by atoms with Crippen molar-refractivity contribution < 1.29 is 27.1 Å². The molecule has 1 aliphatic heterocycles. The van der Waals surface area contributed by atoms with Crippen molar-refractivity contribution in [3.8, 4) is 0 Å². The lowest BCUT2D eigenvalue weighted by molar-refractivity contribution is -0.141. The predicted molar refractivity (Wildman–Crippen MR) is 110 cm³/mol. The summed E-state index contributed by atoms with van der Waals surface area (Å²) < 4.78 is 46.1. The van der Waals surface area contributed by atoms with E-state index in [2.05, 4.69) is 5.32 Å². The first-order chi connectivity index (χ1) is 14.3. The maximum atomic E-state index is 14.4. The molecule has 1 unspecified atom stereocenters. The zero-order valence-corrected chi connectivity index (χ0v) is 18.1. The Hall–Kier alpha value is -2.30. The number of hydrogen-bond acceptors (Lipinski definition) is 6. The molecule has 2 heterocycles. The van der Waals surface area contributed by atoms with Crippen LogP contribution in [0.3, 0.4) is 0 Å². The number of nitrogens with one attached hydrogen (secondary N) is 1. The summed E-state index contributed by atoms with van der Waals surface area (Å²) in [4.78, 5) is 24.8. The van der Waals surface area contributed by atoms with Gasteiger partial charge in [0.05, 0.1) is 19.6 Å². The first kappa shape index (κ1) is 22.4. The lowest BCUT2D eigenvalue weighted by Crippen LogP contribution is -2.36. The van der Waals surface area contributed by atoms with E-state index in [1.807, 2.05) is 5.38 Å². The fraction of sp³-hybridized carbons (Fsp3) is 0.400. The highest BCUT2D eigenvalue weighted by Gasteiger charge is 2.30. The summed E-state index contributed by atoms with van der Waals surface area (Å²) in [5.41, 5.74) is -0.00148. The summed E-state index contributed by atoms with van der Waals surface area (Å²) in [5.74, 6) is -2.00. The van der Waals surface area contributed by atoms with Crippen molar-refractivity contribution in [2.45, 2.75) is 36.6 Å². The van der Waals surface area contributed by atoms with Crippen LogP contribution < -0.4 is 5.32 Å². The molecule has 3 rings (SSSR count). The number of thiophene rings is 1. The van der Waals surface area contributed by atoms with Crippen LogP contribution in [-0.4, -0.2) is 44.8 Å². The van der Waals surface area contributed by atoms with E-state index >= 15 is 0 Å². The second-order valence-electron chi connectivity index (χ2n) is 6.93. The molecule has 1 aromatic heterocycles. The number of rotatable bonds is 7. The molecule has 1 N–H and O–H groups in total. The van der Waals surface area contributed by atoms with Crippen molar-refractivity contribution in [1.29, 1.82) is 0 Å². The predicted octanol–water partition coefficient (Wildman–Crippen LogP) is 3.10. The van der Waals surface area contributed by atoms with E-state index in [1.54, 1.807) is 12.1 Å². The van der Waals surface area contributed by atoms with E-state index < -0.39 is 38.7 Å². The average Bonchev–Trinajstić information content (AvgIpc) is 3.28. The molecule has 2 aromatic rings. The van der Waals surface area contributed by atoms with E-state index in [0.29, 0.717) is 13.1 Å². The number of methoxy groups -OCH3 is 1. The number of sulfonamides is 1. The van der Waals surface area contributed by atoms with Gasteiger partial charge in [0.1, 0.15) is 10.7 Å². The molecule has 0 radical (unpaired) electrons. The number of carbonyl (C=O) groups excluding carboxylic acids is 2. The zero-order chi connectivity index (χ0) is 21.7. The molecule has 0 spiro atoms. The highest BCUT2D eigenvalue weighted by Crippen LogP contribution is 2.26. The van der Waals surface area contributed by atoms with Crippen LogP contribution in [0.4, 0.5) is 4.39 Å². The maximum Gasteiger partial charge on any atom is 0.307 e. The number of nitrogens with zero attached hydrogens (tertiary/aromatic N) is 1. The van der Waals surface area contributed by atoms with Crippen LogP contribution in [0.25, 0.3) is 0 Å². The Morgan fingerprint density at radius 3 is 2.60 bits per heavy atom. The normalized spacial score (nSPS) is 16.1. The van der Waals surface area contributed by atoms with Gasteiger partial charge in [0.25, 0.3) is 5.91 Å². The lowest BCUT2D eigenvalue weighted by atomic mass is 10.1. The summed E-state index contributed by atoms with van der Waals surface area (Å²) >= 11 is 1.36. The van der Waals surface area contributed by atoms with Crippen molar-refractivity contribution in [3.05, 3.63) is 52.0 Å². The van der Waals surface area contributed by atoms with Crippen molar-refractivity contribution in [2.24, 2.45) is 0 Å². The van der Waals surface area contributed by atoms with Crippen LogP contribution in [0.1, 0.15) is 47.0 Å². The van der Waals surface area contributed by atoms with E-state index in [4.69, 9.17) is 4.74 Å². The maximum absolute atomic E-state index is 14.4. The molecule has 1 amide bonds. The molecule has 0 saturated carbocycles. The Labute approximate surface area is 178 Å². The van der Waals surface area contributed by atoms with Gasteiger partial charge in [-0.3, -0.25) is 9.59 Å². The molecule has 1 aromatic carbocycles. The topological polar surface area (TPSA) is 92.8 Å². The van der Waals surface area contributed by atoms with Crippen LogP contribution in [0, 0.1) is 5.82 Å². The number of halogens is 1. The molecule has 162 valence electrons. The van der Waals surface area contributed by atoms with Gasteiger partial charge < -0.3 is 10.1 Å². The summed E-state index contributed by atoms with van der Waals surface area (Å²) in [6.45, 7) is 0.662. The number of piperidine rings is 1. The van der Waals surface area contributed by atoms with Gasteiger partial charge in [0, 0.05) is 23.5 Å².